The van der Waals surface area contributed by atoms with E-state index in [-0.39, 0.29) is 11.9 Å². The first-order valence-electron chi connectivity index (χ1n) is 9.79. The molecule has 30 heavy (non-hydrogen) atoms. The van der Waals surface area contributed by atoms with Crippen molar-refractivity contribution in [1.82, 2.24) is 19.9 Å². The summed E-state index contributed by atoms with van der Waals surface area (Å²) >= 11 is 6.28. The monoisotopic (exact) mass is 414 g/mol. The van der Waals surface area contributed by atoms with E-state index >= 15 is 0 Å². The van der Waals surface area contributed by atoms with Crippen LogP contribution in [0.1, 0.15) is 40.1 Å². The molecule has 1 unspecified atom stereocenters. The predicted octanol–water partition coefficient (Wildman–Crippen LogP) is 4.65. The van der Waals surface area contributed by atoms with E-state index < -0.39 is 0 Å². The Labute approximate surface area is 179 Å². The first kappa shape index (κ1) is 18.6. The standard InChI is InChI=1S/C23H19ClN6/c1-13-3-5-15(6-4-13)22-21-17(18-11-16(24)7-8-19(18)28-21)9-10-30(22)23-27-14(2)26-20(12-25)29-23/h3-8,11,22,28H,9-10H2,1-2H3. The number of hydrogen-bond acceptors (Lipinski definition) is 5. The van der Waals surface area contributed by atoms with Gasteiger partial charge < -0.3 is 9.88 Å². The number of aromatic nitrogens is 4. The van der Waals surface area contributed by atoms with E-state index in [4.69, 9.17) is 11.6 Å². The van der Waals surface area contributed by atoms with Gasteiger partial charge in [-0.05, 0) is 49.6 Å². The largest absolute Gasteiger partial charge is 0.356 e. The molecule has 0 spiro atoms. The lowest BCUT2D eigenvalue weighted by atomic mass is 9.92. The number of hydrogen-bond donors (Lipinski definition) is 1. The molecule has 1 N–H and O–H groups in total. The zero-order chi connectivity index (χ0) is 20.8. The molecule has 2 aromatic carbocycles. The zero-order valence-electron chi connectivity index (χ0n) is 16.6. The van der Waals surface area contributed by atoms with Gasteiger partial charge in [-0.3, -0.25) is 0 Å². The van der Waals surface area contributed by atoms with Crippen molar-refractivity contribution in [3.63, 3.8) is 0 Å². The molecule has 148 valence electrons. The predicted molar refractivity (Wildman–Crippen MR) is 117 cm³/mol. The smallest absolute Gasteiger partial charge is 0.237 e. The van der Waals surface area contributed by atoms with Crippen LogP contribution in [0.3, 0.4) is 0 Å². The third-order valence-corrected chi connectivity index (χ3v) is 5.81. The topological polar surface area (TPSA) is 81.5 Å². The van der Waals surface area contributed by atoms with Crippen LogP contribution in [0.15, 0.2) is 42.5 Å². The van der Waals surface area contributed by atoms with Crippen molar-refractivity contribution >= 4 is 28.5 Å². The normalized spacial score (nSPS) is 15.8. The highest BCUT2D eigenvalue weighted by Crippen LogP contribution is 2.40. The number of anilines is 1. The maximum atomic E-state index is 9.34. The first-order chi connectivity index (χ1) is 14.5. The summed E-state index contributed by atoms with van der Waals surface area (Å²) in [5.41, 5.74) is 5.77. The summed E-state index contributed by atoms with van der Waals surface area (Å²) in [6.45, 7) is 4.58. The summed E-state index contributed by atoms with van der Waals surface area (Å²) in [4.78, 5) is 18.9. The molecule has 3 heterocycles. The van der Waals surface area contributed by atoms with Crippen LogP contribution in [-0.4, -0.2) is 26.5 Å². The average Bonchev–Trinajstić information content (AvgIpc) is 3.11. The average molecular weight is 415 g/mol. The van der Waals surface area contributed by atoms with Crippen molar-refractivity contribution in [1.29, 1.82) is 5.26 Å². The Morgan fingerprint density at radius 3 is 2.67 bits per heavy atom. The van der Waals surface area contributed by atoms with Gasteiger partial charge in [-0.2, -0.15) is 15.2 Å². The molecule has 0 fully saturated rings. The molecule has 0 saturated carbocycles. The number of nitrogens with one attached hydrogen (secondary N) is 1. The number of benzene rings is 2. The van der Waals surface area contributed by atoms with Crippen LogP contribution >= 0.6 is 11.6 Å². The highest BCUT2D eigenvalue weighted by atomic mass is 35.5. The number of fused-ring (bicyclic) bond motifs is 3. The minimum Gasteiger partial charge on any atom is -0.356 e. The molecule has 0 saturated heterocycles. The number of rotatable bonds is 2. The van der Waals surface area contributed by atoms with Gasteiger partial charge in [0.05, 0.1) is 6.04 Å². The van der Waals surface area contributed by atoms with Gasteiger partial charge >= 0.3 is 0 Å². The van der Waals surface area contributed by atoms with E-state index in [9.17, 15) is 5.26 Å². The molecule has 1 aliphatic rings. The molecule has 1 aliphatic heterocycles. The number of aryl methyl sites for hydroxylation is 2. The highest BCUT2D eigenvalue weighted by molar-refractivity contribution is 6.31. The van der Waals surface area contributed by atoms with Crippen LogP contribution in [0.4, 0.5) is 5.95 Å². The number of H-pyrrole nitrogens is 1. The highest BCUT2D eigenvalue weighted by Gasteiger charge is 2.33. The van der Waals surface area contributed by atoms with Gasteiger partial charge in [0.2, 0.25) is 11.8 Å². The van der Waals surface area contributed by atoms with E-state index in [0.29, 0.717) is 11.8 Å². The van der Waals surface area contributed by atoms with E-state index in [1.54, 1.807) is 6.92 Å². The Kier molecular flexibility index (Phi) is 4.41. The van der Waals surface area contributed by atoms with Gasteiger partial charge in [-0.15, -0.1) is 0 Å². The van der Waals surface area contributed by atoms with Crippen molar-refractivity contribution in [2.75, 3.05) is 11.4 Å². The van der Waals surface area contributed by atoms with E-state index in [0.717, 1.165) is 40.1 Å². The van der Waals surface area contributed by atoms with E-state index in [1.165, 1.54) is 11.1 Å². The lowest BCUT2D eigenvalue weighted by molar-refractivity contribution is 0.621. The fraction of sp³-hybridized carbons (Fsp3) is 0.217. The van der Waals surface area contributed by atoms with Crippen LogP contribution < -0.4 is 4.90 Å². The Bertz CT molecular complexity index is 1300. The van der Waals surface area contributed by atoms with Gasteiger partial charge in [0.25, 0.3) is 0 Å². The van der Waals surface area contributed by atoms with Crippen LogP contribution in [0.5, 0.6) is 0 Å². The third kappa shape index (κ3) is 3.08. The number of nitriles is 1. The van der Waals surface area contributed by atoms with Gasteiger partial charge in [0, 0.05) is 28.2 Å². The number of aromatic amines is 1. The lowest BCUT2D eigenvalue weighted by Gasteiger charge is -2.36. The Hall–Kier alpha value is -3.43. The van der Waals surface area contributed by atoms with Crippen molar-refractivity contribution in [2.45, 2.75) is 26.3 Å². The molecule has 0 bridgehead atoms. The molecule has 0 amide bonds. The molecule has 5 rings (SSSR count). The van der Waals surface area contributed by atoms with Crippen LogP contribution in [0, 0.1) is 25.2 Å². The Balaban J connectivity index is 1.72. The Morgan fingerprint density at radius 2 is 1.90 bits per heavy atom. The summed E-state index contributed by atoms with van der Waals surface area (Å²) in [7, 11) is 0. The molecule has 0 radical (unpaired) electrons. The maximum Gasteiger partial charge on any atom is 0.237 e. The zero-order valence-corrected chi connectivity index (χ0v) is 17.4. The SMILES string of the molecule is Cc1ccc(C2c3[nH]c4ccc(Cl)cc4c3CCN2c2nc(C)nc(C#N)n2)cc1. The number of halogens is 1. The summed E-state index contributed by atoms with van der Waals surface area (Å²) in [5.74, 6) is 1.19. The molecule has 1 atom stereocenters. The van der Waals surface area contributed by atoms with Crippen LogP contribution in [-0.2, 0) is 6.42 Å². The molecule has 2 aromatic heterocycles. The van der Waals surface area contributed by atoms with E-state index in [1.807, 2.05) is 24.3 Å². The van der Waals surface area contributed by atoms with Crippen molar-refractivity contribution in [2.24, 2.45) is 0 Å². The second-order valence-corrected chi connectivity index (χ2v) is 8.02. The van der Waals surface area contributed by atoms with Crippen LogP contribution in [0.2, 0.25) is 5.02 Å². The lowest BCUT2D eigenvalue weighted by Crippen LogP contribution is -2.37. The quantitative estimate of drug-likeness (QED) is 0.516. The van der Waals surface area contributed by atoms with Gasteiger partial charge in [0.15, 0.2) is 0 Å². The van der Waals surface area contributed by atoms with Gasteiger partial charge in [-0.1, -0.05) is 41.4 Å². The molecule has 6 nitrogen and oxygen atoms in total. The van der Waals surface area contributed by atoms with Crippen molar-refractivity contribution in [3.8, 4) is 6.07 Å². The molecule has 7 heteroatoms. The third-order valence-electron chi connectivity index (χ3n) is 5.57. The Morgan fingerprint density at radius 1 is 1.10 bits per heavy atom. The van der Waals surface area contributed by atoms with Crippen molar-refractivity contribution < 1.29 is 0 Å². The summed E-state index contributed by atoms with van der Waals surface area (Å²) in [6, 6.07) is 16.4. The molecular formula is C23H19ClN6. The fourth-order valence-electron chi connectivity index (χ4n) is 4.22. The second kappa shape index (κ2) is 7.12. The first-order valence-corrected chi connectivity index (χ1v) is 10.2. The fourth-order valence-corrected chi connectivity index (χ4v) is 4.39. The maximum absolute atomic E-state index is 9.34. The molecule has 0 aliphatic carbocycles. The summed E-state index contributed by atoms with van der Waals surface area (Å²) in [5, 5.41) is 11.2. The van der Waals surface area contributed by atoms with Gasteiger partial charge in [-0.25, -0.2) is 4.98 Å². The molecular weight excluding hydrogens is 396 g/mol. The van der Waals surface area contributed by atoms with E-state index in [2.05, 4.69) is 56.0 Å². The summed E-state index contributed by atoms with van der Waals surface area (Å²) < 4.78 is 0. The second-order valence-electron chi connectivity index (χ2n) is 7.58. The van der Waals surface area contributed by atoms with Crippen molar-refractivity contribution in [3.05, 3.63) is 81.5 Å². The summed E-state index contributed by atoms with van der Waals surface area (Å²) in [6.07, 6.45) is 0.824. The van der Waals surface area contributed by atoms with Crippen LogP contribution in [0.25, 0.3) is 10.9 Å². The molecule has 4 aromatic rings. The van der Waals surface area contributed by atoms with Gasteiger partial charge in [0.1, 0.15) is 11.9 Å². The minimum atomic E-state index is -0.103. The number of nitrogens with zero attached hydrogens (tertiary/aromatic N) is 5. The minimum absolute atomic E-state index is 0.103.